The van der Waals surface area contributed by atoms with Crippen LogP contribution in [0, 0.1) is 0 Å². The van der Waals surface area contributed by atoms with Crippen LogP contribution in [-0.2, 0) is 18.7 Å². The standard InChI is InChI=1S/C15H14ClNO/c16-13-6-7-14-12(8-13)10-17-15(14,18)9-11-4-2-1-3-5-11/h1-8,17-18H,9-10H2. The molecule has 1 aliphatic heterocycles. The van der Waals surface area contributed by atoms with Crippen molar-refractivity contribution in [1.82, 2.24) is 5.32 Å². The largest absolute Gasteiger partial charge is 0.371 e. The second-order valence-corrected chi connectivity index (χ2v) is 5.11. The number of halogens is 1. The van der Waals surface area contributed by atoms with Crippen LogP contribution in [0.25, 0.3) is 0 Å². The van der Waals surface area contributed by atoms with Gasteiger partial charge in [0, 0.05) is 23.6 Å². The molecule has 18 heavy (non-hydrogen) atoms. The van der Waals surface area contributed by atoms with E-state index in [-0.39, 0.29) is 0 Å². The van der Waals surface area contributed by atoms with Crippen LogP contribution in [0.3, 0.4) is 0 Å². The molecule has 0 saturated heterocycles. The zero-order valence-electron chi connectivity index (χ0n) is 9.86. The van der Waals surface area contributed by atoms with Crippen LogP contribution in [0.4, 0.5) is 0 Å². The maximum Gasteiger partial charge on any atom is 0.146 e. The molecule has 0 aliphatic carbocycles. The summed E-state index contributed by atoms with van der Waals surface area (Å²) >= 11 is 5.97. The maximum absolute atomic E-state index is 10.7. The second-order valence-electron chi connectivity index (χ2n) is 4.68. The van der Waals surface area contributed by atoms with Crippen molar-refractivity contribution in [2.75, 3.05) is 0 Å². The summed E-state index contributed by atoms with van der Waals surface area (Å²) in [6.45, 7) is 0.652. The van der Waals surface area contributed by atoms with E-state index in [2.05, 4.69) is 5.32 Å². The molecule has 3 rings (SSSR count). The van der Waals surface area contributed by atoms with Gasteiger partial charge in [0.2, 0.25) is 0 Å². The minimum Gasteiger partial charge on any atom is -0.371 e. The van der Waals surface area contributed by atoms with E-state index in [1.807, 2.05) is 48.5 Å². The van der Waals surface area contributed by atoms with Gasteiger partial charge in [0.25, 0.3) is 0 Å². The number of aliphatic hydroxyl groups is 1. The van der Waals surface area contributed by atoms with E-state index in [0.29, 0.717) is 18.0 Å². The van der Waals surface area contributed by atoms with Crippen molar-refractivity contribution < 1.29 is 5.11 Å². The van der Waals surface area contributed by atoms with Crippen molar-refractivity contribution in [2.24, 2.45) is 0 Å². The Hall–Kier alpha value is -1.35. The molecule has 0 aromatic heterocycles. The molecule has 0 fully saturated rings. The van der Waals surface area contributed by atoms with Crippen molar-refractivity contribution in [3.63, 3.8) is 0 Å². The lowest BCUT2D eigenvalue weighted by Crippen LogP contribution is -2.38. The third-order valence-corrected chi connectivity index (χ3v) is 3.62. The van der Waals surface area contributed by atoms with Crippen LogP contribution >= 0.6 is 11.6 Å². The topological polar surface area (TPSA) is 32.3 Å². The van der Waals surface area contributed by atoms with Crippen molar-refractivity contribution in [1.29, 1.82) is 0 Å². The van der Waals surface area contributed by atoms with Crippen LogP contribution in [0.5, 0.6) is 0 Å². The van der Waals surface area contributed by atoms with Crippen molar-refractivity contribution in [3.8, 4) is 0 Å². The Morgan fingerprint density at radius 2 is 1.94 bits per heavy atom. The van der Waals surface area contributed by atoms with E-state index in [0.717, 1.165) is 16.7 Å². The molecule has 2 aromatic carbocycles. The highest BCUT2D eigenvalue weighted by Crippen LogP contribution is 2.33. The number of hydrogen-bond donors (Lipinski definition) is 2. The quantitative estimate of drug-likeness (QED) is 0.869. The third-order valence-electron chi connectivity index (χ3n) is 3.39. The van der Waals surface area contributed by atoms with Crippen LogP contribution in [0.15, 0.2) is 48.5 Å². The lowest BCUT2D eigenvalue weighted by atomic mass is 9.95. The third kappa shape index (κ3) is 2.03. The first-order valence-corrected chi connectivity index (χ1v) is 6.35. The van der Waals surface area contributed by atoms with Crippen LogP contribution < -0.4 is 5.32 Å². The van der Waals surface area contributed by atoms with E-state index in [1.54, 1.807) is 0 Å². The molecule has 2 nitrogen and oxygen atoms in total. The van der Waals surface area contributed by atoms with Gasteiger partial charge >= 0.3 is 0 Å². The van der Waals surface area contributed by atoms with Gasteiger partial charge < -0.3 is 5.11 Å². The molecule has 0 amide bonds. The minimum absolute atomic E-state index is 0.558. The van der Waals surface area contributed by atoms with E-state index in [4.69, 9.17) is 11.6 Å². The maximum atomic E-state index is 10.7. The SMILES string of the molecule is OC1(Cc2ccccc2)NCc2cc(Cl)ccc21. The summed E-state index contributed by atoms with van der Waals surface area (Å²) in [5.41, 5.74) is 2.12. The summed E-state index contributed by atoms with van der Waals surface area (Å²) in [4.78, 5) is 0. The van der Waals surface area contributed by atoms with E-state index < -0.39 is 5.72 Å². The highest BCUT2D eigenvalue weighted by atomic mass is 35.5. The molecule has 0 spiro atoms. The van der Waals surface area contributed by atoms with Gasteiger partial charge in [-0.3, -0.25) is 5.32 Å². The second kappa shape index (κ2) is 4.39. The number of rotatable bonds is 2. The fourth-order valence-electron chi connectivity index (χ4n) is 2.50. The first-order valence-electron chi connectivity index (χ1n) is 5.98. The summed E-state index contributed by atoms with van der Waals surface area (Å²) in [6, 6.07) is 15.6. The number of nitrogens with one attached hydrogen (secondary N) is 1. The molecule has 0 saturated carbocycles. The van der Waals surface area contributed by atoms with Gasteiger partial charge in [-0.05, 0) is 23.3 Å². The molecule has 3 heteroatoms. The first kappa shape index (κ1) is 11.7. The molecule has 1 heterocycles. The Bertz CT molecular complexity index is 570. The van der Waals surface area contributed by atoms with Gasteiger partial charge in [0.05, 0.1) is 0 Å². The highest BCUT2D eigenvalue weighted by molar-refractivity contribution is 6.30. The van der Waals surface area contributed by atoms with Gasteiger partial charge in [0.15, 0.2) is 0 Å². The summed E-state index contributed by atoms with van der Waals surface area (Å²) < 4.78 is 0. The summed E-state index contributed by atoms with van der Waals surface area (Å²) in [6.07, 6.45) is 0.558. The zero-order valence-corrected chi connectivity index (χ0v) is 10.6. The molecule has 0 bridgehead atoms. The van der Waals surface area contributed by atoms with Crippen molar-refractivity contribution in [3.05, 3.63) is 70.2 Å². The molecular formula is C15H14ClNO. The van der Waals surface area contributed by atoms with Crippen LogP contribution in [0.2, 0.25) is 5.02 Å². The molecule has 2 N–H and O–H groups in total. The predicted molar refractivity (Wildman–Crippen MR) is 72.3 cm³/mol. The fraction of sp³-hybridized carbons (Fsp3) is 0.200. The molecule has 92 valence electrons. The van der Waals surface area contributed by atoms with E-state index in [1.165, 1.54) is 0 Å². The average molecular weight is 260 g/mol. The monoisotopic (exact) mass is 259 g/mol. The molecular weight excluding hydrogens is 246 g/mol. The Morgan fingerprint density at radius 3 is 2.72 bits per heavy atom. The lowest BCUT2D eigenvalue weighted by Gasteiger charge is -2.24. The summed E-state index contributed by atoms with van der Waals surface area (Å²) in [7, 11) is 0. The fourth-order valence-corrected chi connectivity index (χ4v) is 2.69. The van der Waals surface area contributed by atoms with Gasteiger partial charge in [-0.2, -0.15) is 0 Å². The molecule has 1 aliphatic rings. The zero-order chi connectivity index (χ0) is 12.6. The van der Waals surface area contributed by atoms with Crippen molar-refractivity contribution in [2.45, 2.75) is 18.7 Å². The van der Waals surface area contributed by atoms with Gasteiger partial charge in [-0.15, -0.1) is 0 Å². The van der Waals surface area contributed by atoms with Gasteiger partial charge in [-0.25, -0.2) is 0 Å². The Kier molecular flexibility index (Phi) is 2.86. The highest BCUT2D eigenvalue weighted by Gasteiger charge is 2.36. The van der Waals surface area contributed by atoms with Crippen LogP contribution in [0.1, 0.15) is 16.7 Å². The van der Waals surface area contributed by atoms with E-state index >= 15 is 0 Å². The number of hydrogen-bond acceptors (Lipinski definition) is 2. The molecule has 2 aromatic rings. The number of benzene rings is 2. The summed E-state index contributed by atoms with van der Waals surface area (Å²) in [5.74, 6) is 0. The van der Waals surface area contributed by atoms with E-state index in [9.17, 15) is 5.11 Å². The predicted octanol–water partition coefficient (Wildman–Crippen LogP) is 2.83. The Balaban J connectivity index is 1.94. The van der Waals surface area contributed by atoms with Crippen molar-refractivity contribution >= 4 is 11.6 Å². The number of fused-ring (bicyclic) bond motifs is 1. The lowest BCUT2D eigenvalue weighted by molar-refractivity contribution is 0.0111. The molecule has 1 atom stereocenters. The molecule has 0 radical (unpaired) electrons. The smallest absolute Gasteiger partial charge is 0.146 e. The summed E-state index contributed by atoms with van der Waals surface area (Å²) in [5, 5.41) is 14.6. The average Bonchev–Trinajstić information content (AvgIpc) is 2.67. The van der Waals surface area contributed by atoms with Gasteiger partial charge in [0.1, 0.15) is 5.72 Å². The normalized spacial score (nSPS) is 21.9. The Labute approximate surface area is 111 Å². The first-order chi connectivity index (χ1) is 8.67. The minimum atomic E-state index is -0.985. The van der Waals surface area contributed by atoms with Crippen LogP contribution in [-0.4, -0.2) is 5.11 Å². The molecule has 1 unspecified atom stereocenters. The Morgan fingerprint density at radius 1 is 1.17 bits per heavy atom. The van der Waals surface area contributed by atoms with Gasteiger partial charge in [-0.1, -0.05) is 48.0 Å².